The number of hydrogen-bond donors (Lipinski definition) is 2. The van der Waals surface area contributed by atoms with E-state index in [9.17, 15) is 10.0 Å². The summed E-state index contributed by atoms with van der Waals surface area (Å²) < 4.78 is 5.77. The fourth-order valence-corrected chi connectivity index (χ4v) is 2.17. The number of hydrogen-bond acceptors (Lipinski definition) is 3. The Bertz CT molecular complexity index is 616. The third kappa shape index (κ3) is 2.86. The summed E-state index contributed by atoms with van der Waals surface area (Å²) in [6.45, 7) is 4.03. The van der Waals surface area contributed by atoms with Crippen LogP contribution in [0, 0.1) is 0 Å². The number of fused-ring (bicyclic) bond motifs is 1. The van der Waals surface area contributed by atoms with Gasteiger partial charge < -0.3 is 14.5 Å². The third-order valence-corrected chi connectivity index (χ3v) is 3.50. The smallest absolute Gasteiger partial charge is 0.456 e. The van der Waals surface area contributed by atoms with E-state index in [1.165, 1.54) is 0 Å². The minimum Gasteiger partial charge on any atom is -0.456 e. The van der Waals surface area contributed by atoms with Crippen LogP contribution < -0.4 is 5.46 Å². The van der Waals surface area contributed by atoms with Crippen molar-refractivity contribution in [2.24, 2.45) is 0 Å². The number of rotatable bonds is 4. The van der Waals surface area contributed by atoms with E-state index >= 15 is 0 Å². The van der Waals surface area contributed by atoms with E-state index in [2.05, 4.69) is 6.92 Å². The molecule has 0 saturated heterocycles. The normalized spacial score (nSPS) is 12.2. The van der Waals surface area contributed by atoms with Crippen molar-refractivity contribution in [3.8, 4) is 0 Å². The van der Waals surface area contributed by atoms with Crippen molar-refractivity contribution < 1.29 is 14.5 Å². The lowest BCUT2D eigenvalue weighted by atomic mass is 9.80. The Morgan fingerprint density at radius 1 is 1.37 bits per heavy atom. The number of aryl methyl sites for hydroxylation is 1. The molecule has 0 spiro atoms. The molecule has 100 valence electrons. The molecular formula is C14H16BClO3. The molecule has 0 bridgehead atoms. The number of furan rings is 1. The Morgan fingerprint density at radius 2 is 2.11 bits per heavy atom. The molecule has 19 heavy (non-hydrogen) atoms. The first kappa shape index (κ1) is 14.2. The van der Waals surface area contributed by atoms with Gasteiger partial charge in [-0.3, -0.25) is 0 Å². The molecule has 0 amide bonds. The van der Waals surface area contributed by atoms with E-state index in [0.717, 1.165) is 34.6 Å². The van der Waals surface area contributed by atoms with Crippen LogP contribution in [0.3, 0.4) is 0 Å². The van der Waals surface area contributed by atoms with Gasteiger partial charge in [0.1, 0.15) is 11.3 Å². The lowest BCUT2D eigenvalue weighted by Crippen LogP contribution is -2.29. The maximum Gasteiger partial charge on any atom is 0.488 e. The van der Waals surface area contributed by atoms with Crippen molar-refractivity contribution in [2.45, 2.75) is 26.7 Å². The second-order valence-electron chi connectivity index (χ2n) is 4.37. The van der Waals surface area contributed by atoms with Gasteiger partial charge in [-0.05, 0) is 30.4 Å². The average Bonchev–Trinajstić information content (AvgIpc) is 2.74. The van der Waals surface area contributed by atoms with Gasteiger partial charge >= 0.3 is 7.12 Å². The molecular weight excluding hydrogens is 262 g/mol. The van der Waals surface area contributed by atoms with Gasteiger partial charge in [0.2, 0.25) is 0 Å². The molecule has 0 aliphatic heterocycles. The zero-order chi connectivity index (χ0) is 14.0. The first-order valence-corrected chi connectivity index (χ1v) is 6.72. The van der Waals surface area contributed by atoms with Gasteiger partial charge in [-0.25, -0.2) is 0 Å². The minimum absolute atomic E-state index is 0.418. The summed E-state index contributed by atoms with van der Waals surface area (Å²) in [6, 6.07) is 5.19. The first-order valence-electron chi connectivity index (χ1n) is 6.34. The molecule has 0 aliphatic rings. The zero-order valence-corrected chi connectivity index (χ0v) is 11.7. The molecule has 0 fully saturated rings. The van der Waals surface area contributed by atoms with Gasteiger partial charge in [-0.2, -0.15) is 0 Å². The van der Waals surface area contributed by atoms with Gasteiger partial charge in [-0.1, -0.05) is 37.6 Å². The Morgan fingerprint density at radius 3 is 2.68 bits per heavy atom. The van der Waals surface area contributed by atoms with Crippen LogP contribution in [0.2, 0.25) is 0 Å². The summed E-state index contributed by atoms with van der Waals surface area (Å²) in [7, 11) is -1.49. The van der Waals surface area contributed by atoms with Gasteiger partial charge in [-0.15, -0.1) is 0 Å². The first-order chi connectivity index (χ1) is 9.06. The lowest BCUT2D eigenvalue weighted by molar-refractivity contribution is 0.425. The van der Waals surface area contributed by atoms with E-state index in [0.29, 0.717) is 11.0 Å². The van der Waals surface area contributed by atoms with Crippen LogP contribution in [0.15, 0.2) is 27.6 Å². The quantitative estimate of drug-likeness (QED) is 0.846. The highest BCUT2D eigenvalue weighted by Crippen LogP contribution is 2.28. The predicted octanol–water partition coefficient (Wildman–Crippen LogP) is 2.66. The molecule has 1 aromatic heterocycles. The molecule has 0 aliphatic carbocycles. The SMILES string of the molecule is CC/C(Cl)=C\c1oc2cc(B(O)O)ccc2c1CC. The standard InChI is InChI=1S/C14H16BClO3/c1-3-10(16)8-14-11(4-2)12-6-5-9(15(17)18)7-13(12)19-14/h5-8,17-18H,3-4H2,1-2H3/b10-8+. The maximum absolute atomic E-state index is 9.18. The molecule has 2 rings (SSSR count). The lowest BCUT2D eigenvalue weighted by Gasteiger charge is -1.98. The molecule has 5 heteroatoms. The van der Waals surface area contributed by atoms with E-state index in [1.807, 2.05) is 19.1 Å². The van der Waals surface area contributed by atoms with Crippen LogP contribution in [0.25, 0.3) is 17.0 Å². The molecule has 1 heterocycles. The van der Waals surface area contributed by atoms with Crippen LogP contribution >= 0.6 is 11.6 Å². The third-order valence-electron chi connectivity index (χ3n) is 3.13. The van der Waals surface area contributed by atoms with Crippen molar-refractivity contribution in [3.05, 3.63) is 34.6 Å². The fourth-order valence-electron chi connectivity index (χ4n) is 2.07. The van der Waals surface area contributed by atoms with Crippen molar-refractivity contribution in [1.82, 2.24) is 0 Å². The fraction of sp³-hybridized carbons (Fsp3) is 0.286. The van der Waals surface area contributed by atoms with Crippen molar-refractivity contribution in [1.29, 1.82) is 0 Å². The van der Waals surface area contributed by atoms with Crippen LogP contribution in [-0.4, -0.2) is 17.2 Å². The topological polar surface area (TPSA) is 53.6 Å². The van der Waals surface area contributed by atoms with Crippen LogP contribution in [0.1, 0.15) is 31.6 Å². The number of benzene rings is 1. The number of halogens is 1. The Balaban J connectivity index is 2.60. The summed E-state index contributed by atoms with van der Waals surface area (Å²) in [5.41, 5.74) is 2.15. The van der Waals surface area contributed by atoms with Gasteiger partial charge in [0.15, 0.2) is 0 Å². The van der Waals surface area contributed by atoms with Crippen molar-refractivity contribution in [2.75, 3.05) is 0 Å². The molecule has 2 N–H and O–H groups in total. The van der Waals surface area contributed by atoms with Gasteiger partial charge in [0, 0.05) is 16.0 Å². The highest BCUT2D eigenvalue weighted by Gasteiger charge is 2.16. The average molecular weight is 279 g/mol. The Hall–Kier alpha value is -1.23. The van der Waals surface area contributed by atoms with E-state index in [-0.39, 0.29) is 0 Å². The molecule has 0 unspecified atom stereocenters. The Labute approximate surface area is 117 Å². The summed E-state index contributed by atoms with van der Waals surface area (Å²) >= 11 is 6.06. The molecule has 1 aromatic carbocycles. The van der Waals surface area contributed by atoms with Crippen LogP contribution in [0.5, 0.6) is 0 Å². The van der Waals surface area contributed by atoms with E-state index in [1.54, 1.807) is 12.1 Å². The zero-order valence-electron chi connectivity index (χ0n) is 11.0. The second kappa shape index (κ2) is 5.82. The van der Waals surface area contributed by atoms with E-state index in [4.69, 9.17) is 16.0 Å². The second-order valence-corrected chi connectivity index (χ2v) is 4.86. The van der Waals surface area contributed by atoms with Crippen molar-refractivity contribution in [3.63, 3.8) is 0 Å². The maximum atomic E-state index is 9.18. The summed E-state index contributed by atoms with van der Waals surface area (Å²) in [5, 5.41) is 20.1. The van der Waals surface area contributed by atoms with Crippen LogP contribution in [0.4, 0.5) is 0 Å². The summed E-state index contributed by atoms with van der Waals surface area (Å²) in [6.07, 6.45) is 3.41. The largest absolute Gasteiger partial charge is 0.488 e. The summed E-state index contributed by atoms with van der Waals surface area (Å²) in [4.78, 5) is 0. The molecule has 0 radical (unpaired) electrons. The molecule has 2 aromatic rings. The highest BCUT2D eigenvalue weighted by molar-refractivity contribution is 6.58. The molecule has 0 atom stereocenters. The highest BCUT2D eigenvalue weighted by atomic mass is 35.5. The molecule has 0 saturated carbocycles. The summed E-state index contributed by atoms with van der Waals surface area (Å²) in [5.74, 6) is 0.744. The minimum atomic E-state index is -1.49. The Kier molecular flexibility index (Phi) is 4.35. The predicted molar refractivity (Wildman–Crippen MR) is 79.5 cm³/mol. The van der Waals surface area contributed by atoms with Crippen molar-refractivity contribution >= 4 is 41.2 Å². The van der Waals surface area contributed by atoms with Gasteiger partial charge in [0.25, 0.3) is 0 Å². The van der Waals surface area contributed by atoms with Crippen LogP contribution in [-0.2, 0) is 6.42 Å². The molecule has 3 nitrogen and oxygen atoms in total. The number of allylic oxidation sites excluding steroid dienone is 1. The monoisotopic (exact) mass is 278 g/mol. The van der Waals surface area contributed by atoms with E-state index < -0.39 is 7.12 Å². The van der Waals surface area contributed by atoms with Gasteiger partial charge in [0.05, 0.1) is 0 Å².